The van der Waals surface area contributed by atoms with Gasteiger partial charge in [0.2, 0.25) is 5.95 Å². The Balaban J connectivity index is 2.06. The molecule has 0 unspecified atom stereocenters. The summed E-state index contributed by atoms with van der Waals surface area (Å²) in [5.74, 6) is 1.17. The predicted octanol–water partition coefficient (Wildman–Crippen LogP) is 2.57. The molecule has 1 aliphatic heterocycles. The third kappa shape index (κ3) is 3.30. The lowest BCUT2D eigenvalue weighted by atomic mass is 9.90. The lowest BCUT2D eigenvalue weighted by Gasteiger charge is -2.39. The van der Waals surface area contributed by atoms with Crippen LogP contribution in [0.5, 0.6) is 0 Å². The fraction of sp³-hybridized carbons (Fsp3) is 0.800. The number of hydrogen-bond donors (Lipinski definition) is 1. The van der Waals surface area contributed by atoms with Crippen molar-refractivity contribution in [2.45, 2.75) is 58.5 Å². The van der Waals surface area contributed by atoms with Gasteiger partial charge in [0.25, 0.3) is 0 Å². The molecule has 0 bridgehead atoms. The van der Waals surface area contributed by atoms with Crippen LogP contribution >= 0.6 is 0 Å². The third-order valence-corrected chi connectivity index (χ3v) is 4.38. The molecule has 1 saturated heterocycles. The number of piperidine rings is 1. The number of aromatic nitrogens is 2. The van der Waals surface area contributed by atoms with E-state index in [1.54, 1.807) is 0 Å². The molecule has 4 heteroatoms. The zero-order chi connectivity index (χ0) is 13.9. The van der Waals surface area contributed by atoms with E-state index in [1.807, 2.05) is 0 Å². The average molecular weight is 264 g/mol. The van der Waals surface area contributed by atoms with E-state index in [1.165, 1.54) is 31.6 Å². The standard InChI is InChI=1S/C15H28N4/c1-5-6-9-19-12-13(2)17-14(19)18-10-7-15(3,16-4)8-11-18/h12,16H,5-11H2,1-4H3. The molecule has 1 fully saturated rings. The molecule has 108 valence electrons. The monoisotopic (exact) mass is 264 g/mol. The Hall–Kier alpha value is -1.03. The van der Waals surface area contributed by atoms with Crippen molar-refractivity contribution in [3.8, 4) is 0 Å². The minimum absolute atomic E-state index is 0.298. The molecular weight excluding hydrogens is 236 g/mol. The second kappa shape index (κ2) is 5.95. The highest BCUT2D eigenvalue weighted by atomic mass is 15.3. The third-order valence-electron chi connectivity index (χ3n) is 4.38. The highest BCUT2D eigenvalue weighted by molar-refractivity contribution is 5.34. The largest absolute Gasteiger partial charge is 0.342 e. The number of nitrogens with zero attached hydrogens (tertiary/aromatic N) is 3. The number of rotatable bonds is 5. The fourth-order valence-corrected chi connectivity index (χ4v) is 2.73. The van der Waals surface area contributed by atoms with Gasteiger partial charge in [-0.1, -0.05) is 13.3 Å². The molecule has 0 spiro atoms. The van der Waals surface area contributed by atoms with E-state index in [0.29, 0.717) is 5.54 Å². The van der Waals surface area contributed by atoms with Crippen molar-refractivity contribution in [1.82, 2.24) is 14.9 Å². The van der Waals surface area contributed by atoms with Crippen LogP contribution in [-0.4, -0.2) is 35.2 Å². The Bertz CT molecular complexity index is 402. The number of imidazole rings is 1. The van der Waals surface area contributed by atoms with Crippen LogP contribution in [0.15, 0.2) is 6.20 Å². The van der Waals surface area contributed by atoms with Crippen LogP contribution in [0.1, 0.15) is 45.2 Å². The van der Waals surface area contributed by atoms with Crippen LogP contribution < -0.4 is 10.2 Å². The Kier molecular flexibility index (Phi) is 4.50. The van der Waals surface area contributed by atoms with Crippen molar-refractivity contribution in [1.29, 1.82) is 0 Å². The van der Waals surface area contributed by atoms with Gasteiger partial charge < -0.3 is 14.8 Å². The van der Waals surface area contributed by atoms with Crippen molar-refractivity contribution in [2.24, 2.45) is 0 Å². The molecule has 1 N–H and O–H groups in total. The van der Waals surface area contributed by atoms with Gasteiger partial charge in [0.05, 0.1) is 5.69 Å². The second-order valence-corrected chi connectivity index (χ2v) is 6.03. The quantitative estimate of drug-likeness (QED) is 0.887. The lowest BCUT2D eigenvalue weighted by Crippen LogP contribution is -2.50. The van der Waals surface area contributed by atoms with Gasteiger partial charge in [-0.2, -0.15) is 0 Å². The van der Waals surface area contributed by atoms with Crippen molar-refractivity contribution >= 4 is 5.95 Å². The number of aryl methyl sites for hydroxylation is 2. The molecule has 0 atom stereocenters. The van der Waals surface area contributed by atoms with Gasteiger partial charge in [-0.25, -0.2) is 4.98 Å². The molecule has 2 heterocycles. The van der Waals surface area contributed by atoms with Crippen LogP contribution in [0.3, 0.4) is 0 Å². The van der Waals surface area contributed by atoms with E-state index in [-0.39, 0.29) is 0 Å². The number of hydrogen-bond acceptors (Lipinski definition) is 3. The minimum atomic E-state index is 0.298. The fourth-order valence-electron chi connectivity index (χ4n) is 2.73. The molecular formula is C15H28N4. The Morgan fingerprint density at radius 2 is 2.05 bits per heavy atom. The minimum Gasteiger partial charge on any atom is -0.342 e. The summed E-state index contributed by atoms with van der Waals surface area (Å²) in [6.45, 7) is 9.93. The van der Waals surface area contributed by atoms with E-state index in [0.717, 1.165) is 25.3 Å². The maximum Gasteiger partial charge on any atom is 0.205 e. The highest BCUT2D eigenvalue weighted by Crippen LogP contribution is 2.25. The summed E-state index contributed by atoms with van der Waals surface area (Å²) in [5, 5.41) is 3.45. The highest BCUT2D eigenvalue weighted by Gasteiger charge is 2.29. The maximum absolute atomic E-state index is 4.73. The summed E-state index contributed by atoms with van der Waals surface area (Å²) < 4.78 is 2.33. The average Bonchev–Trinajstić information content (AvgIpc) is 2.78. The van der Waals surface area contributed by atoms with Crippen LogP contribution in [0.4, 0.5) is 5.95 Å². The molecule has 2 rings (SSSR count). The topological polar surface area (TPSA) is 33.1 Å². The van der Waals surface area contributed by atoms with Crippen LogP contribution in [0.2, 0.25) is 0 Å². The number of anilines is 1. The molecule has 0 aliphatic carbocycles. The SMILES string of the molecule is CCCCn1cc(C)nc1N1CCC(C)(NC)CC1. The summed E-state index contributed by atoms with van der Waals surface area (Å²) >= 11 is 0. The van der Waals surface area contributed by atoms with Crippen LogP contribution in [0.25, 0.3) is 0 Å². The summed E-state index contributed by atoms with van der Waals surface area (Å²) in [5.41, 5.74) is 1.43. The molecule has 0 saturated carbocycles. The van der Waals surface area contributed by atoms with Gasteiger partial charge in [0.1, 0.15) is 0 Å². The van der Waals surface area contributed by atoms with Crippen molar-refractivity contribution in [2.75, 3.05) is 25.0 Å². The molecule has 1 aliphatic rings. The van der Waals surface area contributed by atoms with E-state index < -0.39 is 0 Å². The molecule has 0 radical (unpaired) electrons. The van der Waals surface area contributed by atoms with Crippen molar-refractivity contribution < 1.29 is 0 Å². The van der Waals surface area contributed by atoms with Gasteiger partial charge in [-0.05, 0) is 40.2 Å². The van der Waals surface area contributed by atoms with E-state index in [4.69, 9.17) is 4.98 Å². The molecule has 0 aromatic carbocycles. The molecule has 4 nitrogen and oxygen atoms in total. The van der Waals surface area contributed by atoms with Gasteiger partial charge in [0.15, 0.2) is 0 Å². The van der Waals surface area contributed by atoms with Gasteiger partial charge >= 0.3 is 0 Å². The van der Waals surface area contributed by atoms with Gasteiger partial charge in [-0.15, -0.1) is 0 Å². The summed E-state index contributed by atoms with van der Waals surface area (Å²) in [6, 6.07) is 0. The van der Waals surface area contributed by atoms with E-state index >= 15 is 0 Å². The van der Waals surface area contributed by atoms with Crippen molar-refractivity contribution in [3.05, 3.63) is 11.9 Å². The van der Waals surface area contributed by atoms with Crippen LogP contribution in [0, 0.1) is 6.92 Å². The second-order valence-electron chi connectivity index (χ2n) is 6.03. The zero-order valence-corrected chi connectivity index (χ0v) is 12.9. The molecule has 19 heavy (non-hydrogen) atoms. The first-order valence-electron chi connectivity index (χ1n) is 7.55. The molecule has 0 amide bonds. The lowest BCUT2D eigenvalue weighted by molar-refractivity contribution is 0.302. The summed E-state index contributed by atoms with van der Waals surface area (Å²) in [4.78, 5) is 7.18. The predicted molar refractivity (Wildman–Crippen MR) is 80.8 cm³/mol. The Morgan fingerprint density at radius 1 is 1.37 bits per heavy atom. The Labute approximate surface area is 117 Å². The first kappa shape index (κ1) is 14.4. The van der Waals surface area contributed by atoms with E-state index in [9.17, 15) is 0 Å². The maximum atomic E-state index is 4.73. The zero-order valence-electron chi connectivity index (χ0n) is 12.9. The van der Waals surface area contributed by atoms with Gasteiger partial charge in [0, 0.05) is 31.4 Å². The molecule has 1 aromatic heterocycles. The summed E-state index contributed by atoms with van der Waals surface area (Å²) in [7, 11) is 2.07. The van der Waals surface area contributed by atoms with Crippen LogP contribution in [-0.2, 0) is 6.54 Å². The Morgan fingerprint density at radius 3 is 2.63 bits per heavy atom. The number of unbranched alkanes of at least 4 members (excludes halogenated alkanes) is 1. The smallest absolute Gasteiger partial charge is 0.205 e. The summed E-state index contributed by atoms with van der Waals surface area (Å²) in [6.07, 6.45) is 7.02. The molecule has 1 aromatic rings. The first-order chi connectivity index (χ1) is 9.08. The van der Waals surface area contributed by atoms with Crippen molar-refractivity contribution in [3.63, 3.8) is 0 Å². The number of nitrogens with one attached hydrogen (secondary N) is 1. The van der Waals surface area contributed by atoms with E-state index in [2.05, 4.69) is 48.8 Å². The van der Waals surface area contributed by atoms with Gasteiger partial charge in [-0.3, -0.25) is 0 Å². The first-order valence-corrected chi connectivity index (χ1v) is 7.55. The normalized spacial score (nSPS) is 18.8.